The van der Waals surface area contributed by atoms with E-state index in [1.165, 1.54) is 11.1 Å². The molecular formula is C20H32O2Os. The Hall–Kier alpha value is -1.06. The van der Waals surface area contributed by atoms with Crippen LogP contribution >= 0.6 is 0 Å². The second-order valence-corrected chi connectivity index (χ2v) is 5.94. The van der Waals surface area contributed by atoms with Crippen molar-refractivity contribution in [2.75, 3.05) is 0 Å². The van der Waals surface area contributed by atoms with Crippen molar-refractivity contribution in [3.05, 3.63) is 46.6 Å². The molecule has 0 spiro atoms. The molecule has 0 aliphatic heterocycles. The summed E-state index contributed by atoms with van der Waals surface area (Å²) in [5, 5.41) is 0. The van der Waals surface area contributed by atoms with E-state index in [4.69, 9.17) is 0 Å². The summed E-state index contributed by atoms with van der Waals surface area (Å²) in [5.74, 6) is 0. The van der Waals surface area contributed by atoms with Crippen molar-refractivity contribution in [3.8, 4) is 0 Å². The van der Waals surface area contributed by atoms with E-state index in [1.807, 2.05) is 13.8 Å². The van der Waals surface area contributed by atoms with Crippen LogP contribution in [0.5, 0.6) is 0 Å². The van der Waals surface area contributed by atoms with Gasteiger partial charge in [0.15, 0.2) is 0 Å². The molecule has 0 saturated carbocycles. The van der Waals surface area contributed by atoms with Gasteiger partial charge in [0.05, 0.1) is 0 Å². The van der Waals surface area contributed by atoms with Crippen molar-refractivity contribution in [2.24, 2.45) is 0 Å². The quantitative estimate of drug-likeness (QED) is 0.244. The molecule has 23 heavy (non-hydrogen) atoms. The third-order valence-electron chi connectivity index (χ3n) is 2.89. The molecule has 3 heteroatoms. The standard InChI is InChI=1S/2C10H16O.Os/c2*1-9(2)5-4-6-10(3)7-8-11;/h2*5,7-8H,4,6H2,1-3H3;/b2*10-7-;. The van der Waals surface area contributed by atoms with Crippen molar-refractivity contribution in [1.82, 2.24) is 0 Å². The number of hydrogen-bond donors (Lipinski definition) is 0. The Labute approximate surface area is 155 Å². The third kappa shape index (κ3) is 26.2. The summed E-state index contributed by atoms with van der Waals surface area (Å²) in [5.41, 5.74) is 4.97. The van der Waals surface area contributed by atoms with Gasteiger partial charge in [-0.25, -0.2) is 0 Å². The van der Waals surface area contributed by atoms with Gasteiger partial charge in [0.25, 0.3) is 0 Å². The number of rotatable bonds is 8. The number of allylic oxidation sites excluding steroid dienone is 8. The maximum absolute atomic E-state index is 10.0. The molecule has 0 rings (SSSR count). The van der Waals surface area contributed by atoms with Gasteiger partial charge in [-0.2, -0.15) is 0 Å². The van der Waals surface area contributed by atoms with Crippen LogP contribution in [0.3, 0.4) is 0 Å². The number of carbonyl (C=O) groups excluding carboxylic acids is 2. The molecule has 0 saturated heterocycles. The van der Waals surface area contributed by atoms with Gasteiger partial charge in [0.1, 0.15) is 12.6 Å². The Bertz CT molecular complexity index is 391. The van der Waals surface area contributed by atoms with Crippen LogP contribution in [0, 0.1) is 0 Å². The van der Waals surface area contributed by atoms with Crippen LogP contribution in [-0.2, 0) is 29.4 Å². The molecule has 0 N–H and O–H groups in total. The molecule has 0 fully saturated rings. The molecule has 0 aliphatic rings. The Morgan fingerprint density at radius 3 is 1.17 bits per heavy atom. The van der Waals surface area contributed by atoms with Crippen molar-refractivity contribution < 1.29 is 29.4 Å². The fourth-order valence-corrected chi connectivity index (χ4v) is 1.58. The van der Waals surface area contributed by atoms with E-state index in [0.29, 0.717) is 0 Å². The van der Waals surface area contributed by atoms with Crippen molar-refractivity contribution in [1.29, 1.82) is 0 Å². The Morgan fingerprint density at radius 1 is 0.652 bits per heavy atom. The van der Waals surface area contributed by atoms with E-state index >= 15 is 0 Å². The molecule has 0 unspecified atom stereocenters. The molecule has 0 aliphatic carbocycles. The van der Waals surface area contributed by atoms with Gasteiger partial charge in [0, 0.05) is 19.8 Å². The van der Waals surface area contributed by atoms with Crippen molar-refractivity contribution in [2.45, 2.75) is 67.2 Å². The van der Waals surface area contributed by atoms with Crippen LogP contribution in [0.1, 0.15) is 67.2 Å². The third-order valence-corrected chi connectivity index (χ3v) is 2.89. The predicted molar refractivity (Wildman–Crippen MR) is 97.0 cm³/mol. The summed E-state index contributed by atoms with van der Waals surface area (Å²) in [4.78, 5) is 20.0. The summed E-state index contributed by atoms with van der Waals surface area (Å²) in [7, 11) is 0. The van der Waals surface area contributed by atoms with Gasteiger partial charge in [0.2, 0.25) is 0 Å². The Balaban J connectivity index is -0.000000333. The van der Waals surface area contributed by atoms with Crippen LogP contribution in [0.25, 0.3) is 0 Å². The average molecular weight is 495 g/mol. The minimum absolute atomic E-state index is 0. The van der Waals surface area contributed by atoms with E-state index in [2.05, 4.69) is 39.8 Å². The maximum atomic E-state index is 10.0. The van der Waals surface area contributed by atoms with E-state index in [0.717, 1.165) is 49.4 Å². The molecular weight excluding hydrogens is 462 g/mol. The second kappa shape index (κ2) is 19.0. The average Bonchev–Trinajstić information content (AvgIpc) is 2.39. The monoisotopic (exact) mass is 496 g/mol. The largest absolute Gasteiger partial charge is 0.299 e. The van der Waals surface area contributed by atoms with Crippen molar-refractivity contribution in [3.63, 3.8) is 0 Å². The molecule has 0 atom stereocenters. The molecule has 0 aromatic heterocycles. The first kappa shape index (κ1) is 26.8. The number of aldehydes is 2. The first-order valence-electron chi connectivity index (χ1n) is 7.82. The van der Waals surface area contributed by atoms with Gasteiger partial charge in [-0.05, 0) is 79.4 Å². The molecule has 0 amide bonds. The maximum Gasteiger partial charge on any atom is 0.142 e. The smallest absolute Gasteiger partial charge is 0.142 e. The fraction of sp³-hybridized carbons (Fsp3) is 0.500. The van der Waals surface area contributed by atoms with E-state index in [9.17, 15) is 9.59 Å². The summed E-state index contributed by atoms with van der Waals surface area (Å²) >= 11 is 0. The minimum atomic E-state index is 0. The van der Waals surface area contributed by atoms with Gasteiger partial charge in [-0.3, -0.25) is 9.59 Å². The van der Waals surface area contributed by atoms with Gasteiger partial charge < -0.3 is 0 Å². The Kier molecular flexibility index (Phi) is 22.1. The number of carbonyl (C=O) groups is 2. The zero-order valence-corrected chi connectivity index (χ0v) is 18.0. The van der Waals surface area contributed by atoms with Crippen LogP contribution < -0.4 is 0 Å². The first-order chi connectivity index (χ1) is 10.3. The zero-order valence-electron chi connectivity index (χ0n) is 15.5. The molecule has 0 aromatic carbocycles. The summed E-state index contributed by atoms with van der Waals surface area (Å²) in [6, 6.07) is 0. The first-order valence-corrected chi connectivity index (χ1v) is 7.82. The van der Waals surface area contributed by atoms with Crippen LogP contribution in [-0.4, -0.2) is 12.6 Å². The SMILES string of the molecule is CC(C)=CCC/C(C)=C\C=O.CC(C)=CCC/C(C)=C\C=O.[Os]. The van der Waals surface area contributed by atoms with Gasteiger partial charge >= 0.3 is 0 Å². The molecule has 0 aromatic rings. The van der Waals surface area contributed by atoms with E-state index < -0.39 is 0 Å². The topological polar surface area (TPSA) is 34.1 Å². The van der Waals surface area contributed by atoms with Crippen LogP contribution in [0.15, 0.2) is 46.6 Å². The number of hydrogen-bond acceptors (Lipinski definition) is 2. The molecule has 0 heterocycles. The second-order valence-electron chi connectivity index (χ2n) is 5.94. The van der Waals surface area contributed by atoms with E-state index in [1.54, 1.807) is 12.2 Å². The minimum Gasteiger partial charge on any atom is -0.299 e. The molecule has 132 valence electrons. The predicted octanol–water partition coefficient (Wildman–Crippen LogP) is 5.75. The van der Waals surface area contributed by atoms with Gasteiger partial charge in [-0.15, -0.1) is 0 Å². The van der Waals surface area contributed by atoms with Gasteiger partial charge in [-0.1, -0.05) is 34.4 Å². The normalized spacial score (nSPS) is 10.5. The zero-order chi connectivity index (χ0) is 17.4. The molecule has 0 bridgehead atoms. The summed E-state index contributed by atoms with van der Waals surface area (Å²) in [6.07, 6.45) is 13.4. The van der Waals surface area contributed by atoms with E-state index in [-0.39, 0.29) is 19.8 Å². The van der Waals surface area contributed by atoms with Crippen LogP contribution in [0.2, 0.25) is 0 Å². The molecule has 2 nitrogen and oxygen atoms in total. The van der Waals surface area contributed by atoms with Crippen LogP contribution in [0.4, 0.5) is 0 Å². The summed E-state index contributed by atoms with van der Waals surface area (Å²) < 4.78 is 0. The Morgan fingerprint density at radius 2 is 0.957 bits per heavy atom. The molecule has 0 radical (unpaired) electrons. The summed E-state index contributed by atoms with van der Waals surface area (Å²) in [6.45, 7) is 12.3. The fourth-order valence-electron chi connectivity index (χ4n) is 1.58. The van der Waals surface area contributed by atoms with Crippen molar-refractivity contribution >= 4 is 12.6 Å².